The maximum Gasteiger partial charge on any atom is 0.409 e. The molecule has 2 amide bonds. The molecule has 0 spiro atoms. The summed E-state index contributed by atoms with van der Waals surface area (Å²) < 4.78 is 10.7. The van der Waals surface area contributed by atoms with Crippen molar-refractivity contribution in [3.8, 4) is 11.5 Å². The molecule has 1 fully saturated rings. The second-order valence-corrected chi connectivity index (χ2v) is 7.40. The van der Waals surface area contributed by atoms with Crippen LogP contribution in [0.2, 0.25) is 0 Å². The fraction of sp³-hybridized carbons (Fsp3) is 0.368. The number of aromatic nitrogens is 3. The van der Waals surface area contributed by atoms with E-state index in [1.165, 1.54) is 11.8 Å². The monoisotopic (exact) mass is 415 g/mol. The SMILES string of the molecule is CCOC(=O)N1CCN(C(=O)CSc2nnc(-c3c[nH]c4ccccc34)o2)CC1. The number of thioether (sulfide) groups is 1. The predicted molar refractivity (Wildman–Crippen MR) is 107 cm³/mol. The Morgan fingerprint density at radius 3 is 2.72 bits per heavy atom. The van der Waals surface area contributed by atoms with Crippen molar-refractivity contribution in [1.29, 1.82) is 0 Å². The Kier molecular flexibility index (Phi) is 5.70. The molecular weight excluding hydrogens is 394 g/mol. The van der Waals surface area contributed by atoms with Crippen molar-refractivity contribution in [3.05, 3.63) is 30.5 Å². The Morgan fingerprint density at radius 1 is 1.17 bits per heavy atom. The van der Waals surface area contributed by atoms with E-state index < -0.39 is 0 Å². The lowest BCUT2D eigenvalue weighted by Crippen LogP contribution is -2.51. The molecule has 2 aromatic heterocycles. The van der Waals surface area contributed by atoms with E-state index in [1.807, 2.05) is 30.5 Å². The number of carbonyl (C=O) groups excluding carboxylic acids is 2. The summed E-state index contributed by atoms with van der Waals surface area (Å²) in [7, 11) is 0. The fourth-order valence-corrected chi connectivity index (χ4v) is 3.86. The van der Waals surface area contributed by atoms with Gasteiger partial charge in [0.15, 0.2) is 0 Å². The van der Waals surface area contributed by atoms with Crippen molar-refractivity contribution in [2.45, 2.75) is 12.1 Å². The summed E-state index contributed by atoms with van der Waals surface area (Å²) in [6.07, 6.45) is 1.51. The Balaban J connectivity index is 1.31. The summed E-state index contributed by atoms with van der Waals surface area (Å²) in [5, 5.41) is 9.50. The highest BCUT2D eigenvalue weighted by atomic mass is 32.2. The first-order valence-electron chi connectivity index (χ1n) is 9.38. The van der Waals surface area contributed by atoms with Gasteiger partial charge in [0.1, 0.15) is 0 Å². The highest BCUT2D eigenvalue weighted by molar-refractivity contribution is 7.99. The van der Waals surface area contributed by atoms with E-state index in [9.17, 15) is 9.59 Å². The largest absolute Gasteiger partial charge is 0.450 e. The molecule has 0 saturated carbocycles. The van der Waals surface area contributed by atoms with Gasteiger partial charge in [0.25, 0.3) is 11.1 Å². The lowest BCUT2D eigenvalue weighted by molar-refractivity contribution is -0.129. The molecule has 0 radical (unpaired) electrons. The number of hydrogen-bond acceptors (Lipinski definition) is 7. The number of amides is 2. The first kappa shape index (κ1) is 19.3. The molecule has 1 aliphatic heterocycles. The molecule has 9 nitrogen and oxygen atoms in total. The molecular formula is C19H21N5O4S. The number of fused-ring (bicyclic) bond motifs is 1. The van der Waals surface area contributed by atoms with Crippen molar-refractivity contribution in [3.63, 3.8) is 0 Å². The van der Waals surface area contributed by atoms with E-state index >= 15 is 0 Å². The highest BCUT2D eigenvalue weighted by Gasteiger charge is 2.25. The summed E-state index contributed by atoms with van der Waals surface area (Å²) in [5.41, 5.74) is 1.83. The molecule has 152 valence electrons. The number of aromatic amines is 1. The van der Waals surface area contributed by atoms with Crippen LogP contribution in [0, 0.1) is 0 Å². The summed E-state index contributed by atoms with van der Waals surface area (Å²) in [6.45, 7) is 4.04. The zero-order valence-electron chi connectivity index (χ0n) is 16.0. The molecule has 4 rings (SSSR count). The van der Waals surface area contributed by atoms with Gasteiger partial charge in [0.05, 0.1) is 17.9 Å². The van der Waals surface area contributed by atoms with Crippen molar-refractivity contribution in [2.75, 3.05) is 38.5 Å². The first-order valence-corrected chi connectivity index (χ1v) is 10.4. The molecule has 0 unspecified atom stereocenters. The van der Waals surface area contributed by atoms with Crippen LogP contribution in [-0.4, -0.2) is 75.5 Å². The number of rotatable bonds is 5. The van der Waals surface area contributed by atoms with Crippen LogP contribution in [0.25, 0.3) is 22.4 Å². The molecule has 1 N–H and O–H groups in total. The Bertz CT molecular complexity index is 1010. The van der Waals surface area contributed by atoms with Gasteiger partial charge in [-0.25, -0.2) is 4.79 Å². The Hall–Kier alpha value is -3.01. The van der Waals surface area contributed by atoms with Crippen LogP contribution < -0.4 is 0 Å². The predicted octanol–water partition coefficient (Wildman–Crippen LogP) is 2.61. The van der Waals surface area contributed by atoms with Crippen LogP contribution in [-0.2, 0) is 9.53 Å². The van der Waals surface area contributed by atoms with Gasteiger partial charge in [-0.2, -0.15) is 0 Å². The number of carbonyl (C=O) groups is 2. The lowest BCUT2D eigenvalue weighted by Gasteiger charge is -2.33. The van der Waals surface area contributed by atoms with E-state index in [2.05, 4.69) is 15.2 Å². The van der Waals surface area contributed by atoms with Crippen molar-refractivity contribution < 1.29 is 18.7 Å². The normalized spacial score (nSPS) is 14.4. The molecule has 3 heterocycles. The van der Waals surface area contributed by atoms with Crippen LogP contribution in [0.15, 0.2) is 40.1 Å². The average molecular weight is 415 g/mol. The van der Waals surface area contributed by atoms with Crippen molar-refractivity contribution in [1.82, 2.24) is 25.0 Å². The molecule has 3 aromatic rings. The zero-order chi connectivity index (χ0) is 20.2. The number of nitrogens with one attached hydrogen (secondary N) is 1. The lowest BCUT2D eigenvalue weighted by atomic mass is 10.2. The minimum absolute atomic E-state index is 0.0228. The van der Waals surface area contributed by atoms with Crippen molar-refractivity contribution >= 4 is 34.7 Å². The van der Waals surface area contributed by atoms with Gasteiger partial charge in [0.2, 0.25) is 5.91 Å². The van der Waals surface area contributed by atoms with Crippen LogP contribution in [0.1, 0.15) is 6.92 Å². The van der Waals surface area contributed by atoms with E-state index in [1.54, 1.807) is 16.7 Å². The zero-order valence-corrected chi connectivity index (χ0v) is 16.8. The highest BCUT2D eigenvalue weighted by Crippen LogP contribution is 2.29. The number of nitrogens with zero attached hydrogens (tertiary/aromatic N) is 4. The van der Waals surface area contributed by atoms with Gasteiger partial charge >= 0.3 is 6.09 Å². The van der Waals surface area contributed by atoms with Gasteiger partial charge in [-0.3, -0.25) is 4.79 Å². The van der Waals surface area contributed by atoms with E-state index in [-0.39, 0.29) is 17.8 Å². The Labute approximate surface area is 171 Å². The van der Waals surface area contributed by atoms with Gasteiger partial charge in [0, 0.05) is 43.3 Å². The second-order valence-electron chi connectivity index (χ2n) is 6.48. The summed E-state index contributed by atoms with van der Waals surface area (Å²) in [4.78, 5) is 30.7. The molecule has 1 aromatic carbocycles. The minimum atomic E-state index is -0.329. The van der Waals surface area contributed by atoms with Gasteiger partial charge < -0.3 is 23.9 Å². The first-order chi connectivity index (χ1) is 14.2. The maximum atomic E-state index is 12.5. The fourth-order valence-electron chi connectivity index (χ4n) is 3.19. The van der Waals surface area contributed by atoms with Crippen LogP contribution in [0.3, 0.4) is 0 Å². The standard InChI is InChI=1S/C19H21N5O4S/c1-2-27-19(26)24-9-7-23(8-10-24)16(25)12-29-18-22-21-17(28-18)14-11-20-15-6-4-3-5-13(14)15/h3-6,11,20H,2,7-10,12H2,1H3. The Morgan fingerprint density at radius 2 is 1.93 bits per heavy atom. The molecule has 29 heavy (non-hydrogen) atoms. The number of H-pyrrole nitrogens is 1. The quantitative estimate of drug-likeness (QED) is 0.639. The number of benzene rings is 1. The minimum Gasteiger partial charge on any atom is -0.450 e. The summed E-state index contributed by atoms with van der Waals surface area (Å²) in [6, 6.07) is 7.87. The molecule has 0 atom stereocenters. The maximum absolute atomic E-state index is 12.5. The number of piperazine rings is 1. The third kappa shape index (κ3) is 4.21. The van der Waals surface area contributed by atoms with Gasteiger partial charge in [-0.05, 0) is 13.0 Å². The van der Waals surface area contributed by atoms with E-state index in [0.717, 1.165) is 16.5 Å². The number of ether oxygens (including phenoxy) is 1. The number of para-hydroxylation sites is 1. The summed E-state index contributed by atoms with van der Waals surface area (Å²) in [5.74, 6) is 0.598. The van der Waals surface area contributed by atoms with Crippen molar-refractivity contribution in [2.24, 2.45) is 0 Å². The van der Waals surface area contributed by atoms with E-state index in [0.29, 0.717) is 43.9 Å². The third-order valence-electron chi connectivity index (χ3n) is 4.70. The summed E-state index contributed by atoms with van der Waals surface area (Å²) >= 11 is 1.21. The second kappa shape index (κ2) is 8.56. The molecule has 0 bridgehead atoms. The molecule has 10 heteroatoms. The third-order valence-corrected chi connectivity index (χ3v) is 5.51. The van der Waals surface area contributed by atoms with Gasteiger partial charge in [-0.1, -0.05) is 30.0 Å². The smallest absolute Gasteiger partial charge is 0.409 e. The van der Waals surface area contributed by atoms with Crippen LogP contribution >= 0.6 is 11.8 Å². The van der Waals surface area contributed by atoms with E-state index in [4.69, 9.17) is 9.15 Å². The molecule has 1 aliphatic rings. The average Bonchev–Trinajstić information content (AvgIpc) is 3.39. The topological polar surface area (TPSA) is 105 Å². The molecule has 0 aliphatic carbocycles. The molecule has 1 saturated heterocycles. The van der Waals surface area contributed by atoms with Gasteiger partial charge in [-0.15, -0.1) is 10.2 Å². The number of hydrogen-bond donors (Lipinski definition) is 1. The van der Waals surface area contributed by atoms with Crippen LogP contribution in [0.5, 0.6) is 0 Å². The van der Waals surface area contributed by atoms with Crippen LogP contribution in [0.4, 0.5) is 4.79 Å².